The molecule has 7 heavy (non-hydrogen) atoms. The van der Waals surface area contributed by atoms with Crippen molar-refractivity contribution < 1.29 is 4.74 Å². The molecule has 1 radical (unpaired) electrons. The molecule has 2 unspecified atom stereocenters. The molecule has 2 fully saturated rings. The number of hydrogen-bond acceptors (Lipinski definition) is 1. The molecule has 1 heterocycles. The van der Waals surface area contributed by atoms with Crippen LogP contribution in [0.15, 0.2) is 0 Å². The first-order valence-corrected chi connectivity index (χ1v) is 2.92. The summed E-state index contributed by atoms with van der Waals surface area (Å²) < 4.78 is 5.30. The predicted octanol–water partition coefficient (Wildman–Crippen LogP) is 0.999. The van der Waals surface area contributed by atoms with Crippen LogP contribution >= 0.6 is 0 Å². The van der Waals surface area contributed by atoms with Gasteiger partial charge in [0.25, 0.3) is 0 Å². The smallest absolute Gasteiger partial charge is 0.0610 e. The topological polar surface area (TPSA) is 9.23 Å². The zero-order valence-electron chi connectivity index (χ0n) is 4.26. The van der Waals surface area contributed by atoms with Crippen molar-refractivity contribution in [2.75, 3.05) is 6.61 Å². The standard InChI is InChI=1S/C6H9O/c1-2-6-3-5(1)4-7-6/h3,5-6H,1-2,4H2. The molecule has 0 aromatic carbocycles. The summed E-state index contributed by atoms with van der Waals surface area (Å²) in [7, 11) is 0. The zero-order valence-corrected chi connectivity index (χ0v) is 4.26. The predicted molar refractivity (Wildman–Crippen MR) is 26.8 cm³/mol. The van der Waals surface area contributed by atoms with Crippen molar-refractivity contribution in [3.8, 4) is 0 Å². The highest BCUT2D eigenvalue weighted by Gasteiger charge is 2.32. The van der Waals surface area contributed by atoms with Crippen molar-refractivity contribution in [3.05, 3.63) is 6.42 Å². The molecule has 0 spiro atoms. The third kappa shape index (κ3) is 0.480. The van der Waals surface area contributed by atoms with Crippen LogP contribution in [-0.4, -0.2) is 12.7 Å². The summed E-state index contributed by atoms with van der Waals surface area (Å²) in [6.45, 7) is 1.00. The maximum absolute atomic E-state index is 5.30. The summed E-state index contributed by atoms with van der Waals surface area (Å²) in [6, 6.07) is 0. The summed E-state index contributed by atoms with van der Waals surface area (Å²) in [5, 5.41) is 0. The quantitative estimate of drug-likeness (QED) is 0.438. The van der Waals surface area contributed by atoms with E-state index in [1.807, 2.05) is 0 Å². The SMILES string of the molecule is [CH]1C2CCC1OC2. The monoisotopic (exact) mass is 97.1 g/mol. The molecular weight excluding hydrogens is 88.1 g/mol. The molecule has 0 aromatic heterocycles. The van der Waals surface area contributed by atoms with Crippen LogP contribution in [0.25, 0.3) is 0 Å². The third-order valence-electron chi connectivity index (χ3n) is 1.83. The fourth-order valence-corrected chi connectivity index (χ4v) is 1.40. The number of rotatable bonds is 0. The van der Waals surface area contributed by atoms with E-state index in [4.69, 9.17) is 4.74 Å². The normalized spacial score (nSPS) is 48.0. The molecule has 1 nitrogen and oxygen atoms in total. The highest BCUT2D eigenvalue weighted by atomic mass is 16.5. The molecular formula is C6H9O. The molecule has 2 bridgehead atoms. The number of ether oxygens (including phenoxy) is 1. The second-order valence-electron chi connectivity index (χ2n) is 2.40. The largest absolute Gasteiger partial charge is 0.378 e. The minimum Gasteiger partial charge on any atom is -0.378 e. The van der Waals surface area contributed by atoms with E-state index in [-0.39, 0.29) is 0 Å². The number of fused-ring (bicyclic) bond motifs is 2. The molecule has 0 N–H and O–H groups in total. The van der Waals surface area contributed by atoms with Gasteiger partial charge in [0, 0.05) is 0 Å². The van der Waals surface area contributed by atoms with Crippen LogP contribution in [0.3, 0.4) is 0 Å². The Balaban J connectivity index is 2.12. The Bertz CT molecular complexity index is 62.2. The fourth-order valence-electron chi connectivity index (χ4n) is 1.40. The Labute approximate surface area is 43.7 Å². The van der Waals surface area contributed by atoms with Crippen LogP contribution in [-0.2, 0) is 4.74 Å². The minimum absolute atomic E-state index is 0.546. The Morgan fingerprint density at radius 2 is 2.43 bits per heavy atom. The van der Waals surface area contributed by atoms with Crippen LogP contribution in [0.2, 0.25) is 0 Å². The molecule has 39 valence electrons. The van der Waals surface area contributed by atoms with Gasteiger partial charge in [-0.05, 0) is 25.2 Å². The maximum Gasteiger partial charge on any atom is 0.0610 e. The highest BCUT2D eigenvalue weighted by Crippen LogP contribution is 2.33. The molecule has 1 aliphatic carbocycles. The van der Waals surface area contributed by atoms with E-state index >= 15 is 0 Å². The molecule has 1 saturated carbocycles. The van der Waals surface area contributed by atoms with Crippen molar-refractivity contribution in [2.24, 2.45) is 5.92 Å². The van der Waals surface area contributed by atoms with E-state index < -0.39 is 0 Å². The van der Waals surface area contributed by atoms with Gasteiger partial charge in [0.1, 0.15) is 0 Å². The van der Waals surface area contributed by atoms with Crippen LogP contribution in [0.5, 0.6) is 0 Å². The zero-order chi connectivity index (χ0) is 4.69. The summed E-state index contributed by atoms with van der Waals surface area (Å²) in [6.07, 6.45) is 5.54. The van der Waals surface area contributed by atoms with E-state index in [2.05, 4.69) is 6.42 Å². The van der Waals surface area contributed by atoms with Crippen LogP contribution in [0, 0.1) is 12.3 Å². The number of hydrogen-bond donors (Lipinski definition) is 0. The Kier molecular flexibility index (Phi) is 0.680. The van der Waals surface area contributed by atoms with Crippen molar-refractivity contribution in [1.82, 2.24) is 0 Å². The van der Waals surface area contributed by atoms with E-state index in [0.29, 0.717) is 6.10 Å². The van der Waals surface area contributed by atoms with Gasteiger partial charge in [-0.1, -0.05) is 0 Å². The molecule has 0 aromatic rings. The lowest BCUT2D eigenvalue weighted by atomic mass is 10.1. The first-order chi connectivity index (χ1) is 3.45. The molecule has 1 heteroatoms. The summed E-state index contributed by atoms with van der Waals surface area (Å²) >= 11 is 0. The van der Waals surface area contributed by atoms with Crippen molar-refractivity contribution in [2.45, 2.75) is 18.9 Å². The molecule has 2 atom stereocenters. The average molecular weight is 97.1 g/mol. The Morgan fingerprint density at radius 1 is 1.43 bits per heavy atom. The molecule has 2 rings (SSSR count). The van der Waals surface area contributed by atoms with Gasteiger partial charge in [-0.15, -0.1) is 0 Å². The molecule has 0 amide bonds. The first kappa shape index (κ1) is 3.90. The van der Waals surface area contributed by atoms with E-state index in [9.17, 15) is 0 Å². The van der Waals surface area contributed by atoms with Gasteiger partial charge in [0.2, 0.25) is 0 Å². The first-order valence-electron chi connectivity index (χ1n) is 2.92. The highest BCUT2D eigenvalue weighted by molar-refractivity contribution is 4.97. The summed E-state index contributed by atoms with van der Waals surface area (Å²) in [5.74, 6) is 0.824. The van der Waals surface area contributed by atoms with E-state index in [1.54, 1.807) is 0 Å². The second kappa shape index (κ2) is 1.22. The van der Waals surface area contributed by atoms with Crippen LogP contribution in [0.4, 0.5) is 0 Å². The summed E-state index contributed by atoms with van der Waals surface area (Å²) in [4.78, 5) is 0. The lowest BCUT2D eigenvalue weighted by molar-refractivity contribution is 0.0817. The Hall–Kier alpha value is -0.0400. The van der Waals surface area contributed by atoms with Gasteiger partial charge < -0.3 is 4.74 Å². The Morgan fingerprint density at radius 3 is 2.57 bits per heavy atom. The van der Waals surface area contributed by atoms with Crippen molar-refractivity contribution in [1.29, 1.82) is 0 Å². The average Bonchev–Trinajstić information content (AvgIpc) is 2.22. The van der Waals surface area contributed by atoms with E-state index in [1.165, 1.54) is 12.8 Å². The van der Waals surface area contributed by atoms with Gasteiger partial charge in [0.15, 0.2) is 0 Å². The van der Waals surface area contributed by atoms with Crippen molar-refractivity contribution >= 4 is 0 Å². The van der Waals surface area contributed by atoms with Crippen molar-refractivity contribution in [3.63, 3.8) is 0 Å². The summed E-state index contributed by atoms with van der Waals surface area (Å²) in [5.41, 5.74) is 0. The lowest BCUT2D eigenvalue weighted by Gasteiger charge is -2.07. The van der Waals surface area contributed by atoms with Gasteiger partial charge in [-0.25, -0.2) is 0 Å². The van der Waals surface area contributed by atoms with Crippen LogP contribution in [0.1, 0.15) is 12.8 Å². The molecule has 1 saturated heterocycles. The molecule has 1 aliphatic heterocycles. The maximum atomic E-state index is 5.30. The van der Waals surface area contributed by atoms with Crippen LogP contribution < -0.4 is 0 Å². The van der Waals surface area contributed by atoms with E-state index in [0.717, 1.165) is 12.5 Å². The minimum atomic E-state index is 0.546. The van der Waals surface area contributed by atoms with Gasteiger partial charge in [-0.3, -0.25) is 0 Å². The fraction of sp³-hybridized carbons (Fsp3) is 0.833. The molecule has 2 aliphatic rings. The lowest BCUT2D eigenvalue weighted by Crippen LogP contribution is -2.05. The second-order valence-corrected chi connectivity index (χ2v) is 2.40. The van der Waals surface area contributed by atoms with Gasteiger partial charge in [-0.2, -0.15) is 0 Å². The van der Waals surface area contributed by atoms with Gasteiger partial charge in [0.05, 0.1) is 12.7 Å². The van der Waals surface area contributed by atoms with Gasteiger partial charge >= 0.3 is 0 Å². The third-order valence-corrected chi connectivity index (χ3v) is 1.83.